The minimum absolute atomic E-state index is 0.125. The monoisotopic (exact) mass is 306 g/mol. The lowest BCUT2D eigenvalue weighted by Crippen LogP contribution is -2.36. The number of ketones is 1. The minimum Gasteiger partial charge on any atom is -0.300 e. The van der Waals surface area contributed by atoms with Crippen LogP contribution in [0.4, 0.5) is 0 Å². The molecule has 0 N–H and O–H groups in total. The second kappa shape index (κ2) is 6.15. The van der Waals surface area contributed by atoms with Gasteiger partial charge in [-0.2, -0.15) is 0 Å². The Labute approximate surface area is 130 Å². The van der Waals surface area contributed by atoms with Gasteiger partial charge < -0.3 is 0 Å². The molecule has 1 nitrogen and oxygen atoms in total. The largest absolute Gasteiger partial charge is 0.300 e. The van der Waals surface area contributed by atoms with E-state index in [9.17, 15) is 4.79 Å². The molecule has 1 aromatic rings. The van der Waals surface area contributed by atoms with Gasteiger partial charge in [-0.1, -0.05) is 24.3 Å². The maximum absolute atomic E-state index is 12.0. The van der Waals surface area contributed by atoms with Crippen LogP contribution in [0.15, 0.2) is 24.3 Å². The van der Waals surface area contributed by atoms with Crippen molar-refractivity contribution in [1.82, 2.24) is 0 Å². The van der Waals surface area contributed by atoms with Gasteiger partial charge in [0.05, 0.1) is 4.08 Å². The van der Waals surface area contributed by atoms with Gasteiger partial charge in [0, 0.05) is 12.8 Å². The Morgan fingerprint density at radius 2 is 1.90 bits per heavy atom. The molecule has 0 radical (unpaired) electrons. The number of carbonyl (C=O) groups excluding carboxylic acids is 1. The predicted octanol–water partition coefficient (Wildman–Crippen LogP) is 4.78. The third kappa shape index (κ3) is 2.67. The molecular formula is C17H22OS2. The molecule has 20 heavy (non-hydrogen) atoms. The number of thioether (sulfide) groups is 2. The second-order valence-electron chi connectivity index (χ2n) is 5.86. The van der Waals surface area contributed by atoms with E-state index in [1.54, 1.807) is 0 Å². The number of Topliss-reactive ketones (excluding diaryl/α,β-unsaturated/α-hetero) is 1. The molecule has 1 aliphatic heterocycles. The lowest BCUT2D eigenvalue weighted by atomic mass is 9.82. The van der Waals surface area contributed by atoms with E-state index < -0.39 is 0 Å². The SMILES string of the molecule is Cc1ccccc1C1(C2CCCC(=O)C2)SCCCS1. The first-order chi connectivity index (χ1) is 9.72. The van der Waals surface area contributed by atoms with Crippen molar-refractivity contribution >= 4 is 29.3 Å². The Morgan fingerprint density at radius 1 is 1.15 bits per heavy atom. The van der Waals surface area contributed by atoms with Crippen molar-refractivity contribution in [3.8, 4) is 0 Å². The fourth-order valence-corrected chi connectivity index (χ4v) is 7.31. The highest BCUT2D eigenvalue weighted by Crippen LogP contribution is 2.58. The summed E-state index contributed by atoms with van der Waals surface area (Å²) in [5, 5.41) is 0. The lowest BCUT2D eigenvalue weighted by Gasteiger charge is -2.44. The fraction of sp³-hybridized carbons (Fsp3) is 0.588. The predicted molar refractivity (Wildman–Crippen MR) is 89.4 cm³/mol. The summed E-state index contributed by atoms with van der Waals surface area (Å²) < 4.78 is 0.125. The molecule has 1 saturated carbocycles. The highest BCUT2D eigenvalue weighted by atomic mass is 32.2. The standard InChI is InChI=1S/C17H22OS2/c1-13-6-2-3-9-16(13)17(19-10-5-11-20-17)14-7-4-8-15(18)12-14/h2-3,6,9,14H,4-5,7-8,10-12H2,1H3. The lowest BCUT2D eigenvalue weighted by molar-refractivity contribution is -0.121. The zero-order valence-corrected chi connectivity index (χ0v) is 13.7. The molecule has 108 valence electrons. The van der Waals surface area contributed by atoms with Gasteiger partial charge in [0.15, 0.2) is 0 Å². The van der Waals surface area contributed by atoms with Gasteiger partial charge in [-0.25, -0.2) is 0 Å². The van der Waals surface area contributed by atoms with Crippen LogP contribution in [-0.4, -0.2) is 17.3 Å². The quantitative estimate of drug-likeness (QED) is 0.783. The van der Waals surface area contributed by atoms with Gasteiger partial charge in [0.1, 0.15) is 5.78 Å². The molecule has 0 amide bonds. The summed E-state index contributed by atoms with van der Waals surface area (Å²) in [6, 6.07) is 8.79. The van der Waals surface area contributed by atoms with Crippen molar-refractivity contribution in [3.63, 3.8) is 0 Å². The van der Waals surface area contributed by atoms with Crippen molar-refractivity contribution in [2.24, 2.45) is 5.92 Å². The Hall–Kier alpha value is -0.410. The molecule has 2 fully saturated rings. The highest BCUT2D eigenvalue weighted by Gasteiger charge is 2.45. The first-order valence-electron chi connectivity index (χ1n) is 7.58. The van der Waals surface area contributed by atoms with Crippen molar-refractivity contribution in [3.05, 3.63) is 35.4 Å². The van der Waals surface area contributed by atoms with E-state index in [1.165, 1.54) is 35.5 Å². The van der Waals surface area contributed by atoms with E-state index >= 15 is 0 Å². The van der Waals surface area contributed by atoms with E-state index in [-0.39, 0.29) is 4.08 Å². The van der Waals surface area contributed by atoms with Crippen LogP contribution in [-0.2, 0) is 8.87 Å². The Bertz CT molecular complexity index is 492. The summed E-state index contributed by atoms with van der Waals surface area (Å²) in [7, 11) is 0. The van der Waals surface area contributed by atoms with Gasteiger partial charge in [-0.05, 0) is 54.7 Å². The van der Waals surface area contributed by atoms with Gasteiger partial charge in [0.2, 0.25) is 0 Å². The molecule has 1 unspecified atom stereocenters. The van der Waals surface area contributed by atoms with E-state index in [0.29, 0.717) is 11.7 Å². The van der Waals surface area contributed by atoms with Gasteiger partial charge >= 0.3 is 0 Å². The molecule has 0 aromatic heterocycles. The number of carbonyl (C=O) groups is 1. The molecule has 0 bridgehead atoms. The number of aryl methyl sites for hydroxylation is 1. The second-order valence-corrected chi connectivity index (χ2v) is 8.81. The maximum Gasteiger partial charge on any atom is 0.133 e. The minimum atomic E-state index is 0.125. The average Bonchev–Trinajstić information content (AvgIpc) is 2.48. The number of hydrogen-bond donors (Lipinski definition) is 0. The van der Waals surface area contributed by atoms with Crippen molar-refractivity contribution in [1.29, 1.82) is 0 Å². The van der Waals surface area contributed by atoms with E-state index in [4.69, 9.17) is 0 Å². The Morgan fingerprint density at radius 3 is 2.60 bits per heavy atom. The van der Waals surface area contributed by atoms with Crippen LogP contribution >= 0.6 is 23.5 Å². The molecule has 1 aliphatic carbocycles. The summed E-state index contributed by atoms with van der Waals surface area (Å²) in [4.78, 5) is 12.0. The van der Waals surface area contributed by atoms with Crippen LogP contribution in [0.5, 0.6) is 0 Å². The summed E-state index contributed by atoms with van der Waals surface area (Å²) in [6.45, 7) is 2.22. The normalized spacial score (nSPS) is 26.4. The molecule has 3 heteroatoms. The zero-order valence-electron chi connectivity index (χ0n) is 12.1. The van der Waals surface area contributed by atoms with Crippen LogP contribution in [0.25, 0.3) is 0 Å². The number of hydrogen-bond acceptors (Lipinski definition) is 3. The highest BCUT2D eigenvalue weighted by molar-refractivity contribution is 8.18. The average molecular weight is 306 g/mol. The van der Waals surface area contributed by atoms with Crippen molar-refractivity contribution in [2.45, 2.75) is 43.1 Å². The molecule has 1 atom stereocenters. The summed E-state index contributed by atoms with van der Waals surface area (Å²) in [6.07, 6.45) is 5.17. The summed E-state index contributed by atoms with van der Waals surface area (Å²) in [5.41, 5.74) is 2.85. The van der Waals surface area contributed by atoms with Crippen molar-refractivity contribution in [2.75, 3.05) is 11.5 Å². The van der Waals surface area contributed by atoms with Gasteiger partial charge in [-0.15, -0.1) is 23.5 Å². The first-order valence-corrected chi connectivity index (χ1v) is 9.55. The summed E-state index contributed by atoms with van der Waals surface area (Å²) in [5.74, 6) is 3.44. The fourth-order valence-electron chi connectivity index (χ4n) is 3.47. The Kier molecular flexibility index (Phi) is 4.46. The number of rotatable bonds is 2. The topological polar surface area (TPSA) is 17.1 Å². The smallest absolute Gasteiger partial charge is 0.133 e. The van der Waals surface area contributed by atoms with Gasteiger partial charge in [-0.3, -0.25) is 4.79 Å². The third-order valence-corrected chi connectivity index (χ3v) is 8.12. The van der Waals surface area contributed by atoms with Gasteiger partial charge in [0.25, 0.3) is 0 Å². The zero-order chi connectivity index (χ0) is 14.0. The van der Waals surface area contributed by atoms with E-state index in [2.05, 4.69) is 54.7 Å². The summed E-state index contributed by atoms with van der Waals surface area (Å²) >= 11 is 4.19. The van der Waals surface area contributed by atoms with Crippen LogP contribution in [0, 0.1) is 12.8 Å². The van der Waals surface area contributed by atoms with Crippen LogP contribution in [0.3, 0.4) is 0 Å². The van der Waals surface area contributed by atoms with Crippen LogP contribution < -0.4 is 0 Å². The molecular weight excluding hydrogens is 284 g/mol. The molecule has 1 saturated heterocycles. The molecule has 2 aliphatic rings. The van der Waals surface area contributed by atoms with Crippen LogP contribution in [0.2, 0.25) is 0 Å². The number of benzene rings is 1. The van der Waals surface area contributed by atoms with E-state index in [1.807, 2.05) is 0 Å². The Balaban J connectivity index is 2.00. The molecule has 1 heterocycles. The first kappa shape index (κ1) is 14.5. The maximum atomic E-state index is 12.0. The van der Waals surface area contributed by atoms with E-state index in [0.717, 1.165) is 19.3 Å². The molecule has 3 rings (SSSR count). The third-order valence-electron chi connectivity index (χ3n) is 4.46. The molecule has 0 spiro atoms. The van der Waals surface area contributed by atoms with Crippen molar-refractivity contribution < 1.29 is 4.79 Å². The molecule has 1 aromatic carbocycles. The van der Waals surface area contributed by atoms with Crippen LogP contribution in [0.1, 0.15) is 43.2 Å².